The first-order chi connectivity index (χ1) is 22.6. The Bertz CT molecular complexity index is 1160. The summed E-state index contributed by atoms with van der Waals surface area (Å²) in [5.74, 6) is 0.680. The molecule has 0 radical (unpaired) electrons. The van der Waals surface area contributed by atoms with E-state index in [9.17, 15) is 24.3 Å². The number of hydrogen-bond acceptors (Lipinski definition) is 9. The van der Waals surface area contributed by atoms with Crippen LogP contribution >= 0.6 is 0 Å². The van der Waals surface area contributed by atoms with Gasteiger partial charge in [0.05, 0.1) is 28.5 Å². The molecule has 0 spiro atoms. The molecule has 0 aromatic heterocycles. The van der Waals surface area contributed by atoms with Crippen LogP contribution in [0.25, 0.3) is 0 Å². The molecule has 1 saturated heterocycles. The third-order valence-electron chi connectivity index (χ3n) is 12.5. The summed E-state index contributed by atoms with van der Waals surface area (Å²) in [7, 11) is 0. The molecule has 49 heavy (non-hydrogen) atoms. The summed E-state index contributed by atoms with van der Waals surface area (Å²) >= 11 is 0. The number of rotatable bonds is 10. The van der Waals surface area contributed by atoms with E-state index in [4.69, 9.17) is 18.9 Å². The molecule has 0 aromatic carbocycles. The van der Waals surface area contributed by atoms with Crippen LogP contribution in [0.4, 0.5) is 0 Å². The molecule has 5 aliphatic carbocycles. The highest BCUT2D eigenvalue weighted by Gasteiger charge is 2.59. The molecule has 1 aliphatic heterocycles. The average Bonchev–Trinajstić information content (AvgIpc) is 3.65. The maximum absolute atomic E-state index is 12.4. The second-order valence-electron chi connectivity index (χ2n) is 18.1. The Morgan fingerprint density at radius 2 is 1.27 bits per heavy atom. The molecule has 5 saturated carbocycles. The number of carbonyl (C=O) groups is 4. The summed E-state index contributed by atoms with van der Waals surface area (Å²) in [5, 5.41) is 10.6. The van der Waals surface area contributed by atoms with E-state index in [0.717, 1.165) is 51.4 Å². The smallest absolute Gasteiger partial charge is 0.347 e. The maximum Gasteiger partial charge on any atom is 0.347 e. The highest BCUT2D eigenvalue weighted by molar-refractivity contribution is 5.82. The number of carbonyl (C=O) groups excluding carboxylic acids is 4. The highest BCUT2D eigenvalue weighted by atomic mass is 16.6. The van der Waals surface area contributed by atoms with Gasteiger partial charge in [-0.25, -0.2) is 4.79 Å². The van der Waals surface area contributed by atoms with Crippen molar-refractivity contribution in [1.29, 1.82) is 0 Å². The Balaban J connectivity index is 0.000000202. The molecule has 6 aliphatic rings. The zero-order valence-corrected chi connectivity index (χ0v) is 32.6. The lowest BCUT2D eigenvalue weighted by atomic mass is 9.52. The number of cyclic esters (lactones) is 1. The molecule has 282 valence electrons. The minimum absolute atomic E-state index is 0.0226. The minimum Gasteiger partial charge on any atom is -0.463 e. The van der Waals surface area contributed by atoms with Crippen molar-refractivity contribution >= 4 is 23.9 Å². The van der Waals surface area contributed by atoms with E-state index in [1.54, 1.807) is 13.8 Å². The molecule has 1 heterocycles. The monoisotopic (exact) mass is 692 g/mol. The molecule has 3 unspecified atom stereocenters. The second kappa shape index (κ2) is 15.6. The Kier molecular flexibility index (Phi) is 13.1. The Hall–Kier alpha value is -2.16. The SMILES string of the molecule is CCC(C)(C)C(=O)OC1(C(C)C)CCCC1.CCC(C)(C)C(=O)OC12CC3CC(CC(O)(C3)C1)C2.CCC(C)(C)C(=O)OC1CCOC1=O. The zero-order valence-electron chi connectivity index (χ0n) is 32.6. The molecule has 4 bridgehead atoms. The quantitative estimate of drug-likeness (QED) is 0.178. The number of aliphatic hydroxyl groups is 1. The van der Waals surface area contributed by atoms with E-state index >= 15 is 0 Å². The predicted octanol–water partition coefficient (Wildman–Crippen LogP) is 8.27. The van der Waals surface area contributed by atoms with Gasteiger partial charge in [0.15, 0.2) is 0 Å². The van der Waals surface area contributed by atoms with Crippen LogP contribution in [-0.4, -0.2) is 58.5 Å². The Morgan fingerprint density at radius 3 is 1.67 bits per heavy atom. The van der Waals surface area contributed by atoms with Gasteiger partial charge < -0.3 is 24.1 Å². The van der Waals surface area contributed by atoms with Crippen molar-refractivity contribution in [2.45, 2.75) is 189 Å². The van der Waals surface area contributed by atoms with Crippen LogP contribution in [0.2, 0.25) is 0 Å². The average molecular weight is 693 g/mol. The first-order valence-corrected chi connectivity index (χ1v) is 19.1. The highest BCUT2D eigenvalue weighted by Crippen LogP contribution is 2.59. The second-order valence-corrected chi connectivity index (χ2v) is 18.1. The van der Waals surface area contributed by atoms with Gasteiger partial charge in [-0.2, -0.15) is 0 Å². The van der Waals surface area contributed by atoms with E-state index in [1.807, 2.05) is 48.5 Å². The molecule has 3 atom stereocenters. The topological polar surface area (TPSA) is 125 Å². The van der Waals surface area contributed by atoms with Gasteiger partial charge in [0.1, 0.15) is 11.2 Å². The molecular weight excluding hydrogens is 624 g/mol. The van der Waals surface area contributed by atoms with Crippen molar-refractivity contribution in [2.75, 3.05) is 6.61 Å². The Morgan fingerprint density at radius 1 is 0.796 bits per heavy atom. The van der Waals surface area contributed by atoms with Crippen molar-refractivity contribution in [3.8, 4) is 0 Å². The molecule has 0 aromatic rings. The fraction of sp³-hybridized carbons (Fsp3) is 0.900. The molecule has 9 nitrogen and oxygen atoms in total. The third kappa shape index (κ3) is 10.0. The number of ether oxygens (including phenoxy) is 4. The van der Waals surface area contributed by atoms with Crippen molar-refractivity contribution in [3.63, 3.8) is 0 Å². The fourth-order valence-corrected chi connectivity index (χ4v) is 7.98. The summed E-state index contributed by atoms with van der Waals surface area (Å²) in [5.41, 5.74) is -2.37. The van der Waals surface area contributed by atoms with E-state index in [2.05, 4.69) is 13.8 Å². The first-order valence-electron chi connectivity index (χ1n) is 19.1. The van der Waals surface area contributed by atoms with Gasteiger partial charge in [-0.1, -0.05) is 34.6 Å². The van der Waals surface area contributed by atoms with Crippen LogP contribution in [0.3, 0.4) is 0 Å². The van der Waals surface area contributed by atoms with E-state index < -0.39 is 28.5 Å². The largest absolute Gasteiger partial charge is 0.463 e. The van der Waals surface area contributed by atoms with Crippen LogP contribution in [0.5, 0.6) is 0 Å². The summed E-state index contributed by atoms with van der Waals surface area (Å²) in [4.78, 5) is 47.1. The molecule has 0 amide bonds. The van der Waals surface area contributed by atoms with Crippen LogP contribution in [-0.2, 0) is 38.1 Å². The van der Waals surface area contributed by atoms with Gasteiger partial charge in [-0.05, 0) is 136 Å². The van der Waals surface area contributed by atoms with Crippen LogP contribution < -0.4 is 0 Å². The molecule has 1 N–H and O–H groups in total. The van der Waals surface area contributed by atoms with Crippen LogP contribution in [0.1, 0.15) is 166 Å². The normalized spacial score (nSPS) is 30.1. The standard InChI is InChI=1S/C16H26O3.C14H26O2.C10H16O4/c1-4-14(2,3)13(17)19-16-8-11-5-12(9-16)7-15(18,6-11)10-16;1-6-13(4,5)12(15)16-14(11(2)3)9-7-8-10-14;1-4-10(2,3)9(12)14-7-5-6-13-8(7)11/h11-12,18H,4-10H2,1-3H3;11H,6-10H2,1-5H3;7H,4-6H2,1-3H3. The van der Waals surface area contributed by atoms with E-state index in [1.165, 1.54) is 19.3 Å². The molecule has 6 rings (SSSR count). The van der Waals surface area contributed by atoms with Crippen LogP contribution in [0.15, 0.2) is 0 Å². The number of esters is 4. The van der Waals surface area contributed by atoms with Gasteiger partial charge in [-0.15, -0.1) is 0 Å². The van der Waals surface area contributed by atoms with E-state index in [0.29, 0.717) is 43.6 Å². The maximum atomic E-state index is 12.4. The Labute approximate surface area is 296 Å². The van der Waals surface area contributed by atoms with Crippen LogP contribution in [0, 0.1) is 34.0 Å². The van der Waals surface area contributed by atoms with Crippen molar-refractivity contribution < 1.29 is 43.2 Å². The predicted molar refractivity (Wildman–Crippen MR) is 188 cm³/mol. The van der Waals surface area contributed by atoms with Crippen molar-refractivity contribution in [3.05, 3.63) is 0 Å². The summed E-state index contributed by atoms with van der Waals surface area (Å²) in [6.45, 7) is 22.1. The van der Waals surface area contributed by atoms with Crippen molar-refractivity contribution in [2.24, 2.45) is 34.0 Å². The third-order valence-corrected chi connectivity index (χ3v) is 12.5. The molecule has 6 fully saturated rings. The van der Waals surface area contributed by atoms with Gasteiger partial charge >= 0.3 is 23.9 Å². The lowest BCUT2D eigenvalue weighted by Crippen LogP contribution is -2.61. The summed E-state index contributed by atoms with van der Waals surface area (Å²) in [6.07, 6.45) is 12.2. The zero-order chi connectivity index (χ0) is 37.1. The summed E-state index contributed by atoms with van der Waals surface area (Å²) < 4.78 is 21.6. The van der Waals surface area contributed by atoms with E-state index in [-0.39, 0.29) is 34.5 Å². The first kappa shape index (κ1) is 41.3. The fourth-order valence-electron chi connectivity index (χ4n) is 7.98. The van der Waals surface area contributed by atoms with Crippen molar-refractivity contribution in [1.82, 2.24) is 0 Å². The lowest BCUT2D eigenvalue weighted by Gasteiger charge is -2.59. The number of hydrogen-bond donors (Lipinski definition) is 1. The molecule has 9 heteroatoms. The molecular formula is C40H68O9. The summed E-state index contributed by atoms with van der Waals surface area (Å²) in [6, 6.07) is 0. The van der Waals surface area contributed by atoms with Gasteiger partial charge in [0.2, 0.25) is 6.10 Å². The minimum atomic E-state index is -0.687. The van der Waals surface area contributed by atoms with Gasteiger partial charge in [0, 0.05) is 12.8 Å². The van der Waals surface area contributed by atoms with Gasteiger partial charge in [0.25, 0.3) is 0 Å². The van der Waals surface area contributed by atoms with Gasteiger partial charge in [-0.3, -0.25) is 14.4 Å². The lowest BCUT2D eigenvalue weighted by molar-refractivity contribution is -0.225.